The first-order valence-electron chi connectivity index (χ1n) is 10.5. The van der Waals surface area contributed by atoms with Crippen molar-refractivity contribution >= 4 is 40.9 Å². The number of rotatable bonds is 8. The molecule has 3 heterocycles. The highest BCUT2D eigenvalue weighted by molar-refractivity contribution is 8.05. The molecule has 2 aliphatic rings. The summed E-state index contributed by atoms with van der Waals surface area (Å²) in [5, 5.41) is 10.7. The Labute approximate surface area is 196 Å². The Morgan fingerprint density at radius 3 is 2.75 bits per heavy atom. The molecule has 1 amide bonds. The molecule has 1 unspecified atom stereocenters. The third-order valence-electron chi connectivity index (χ3n) is 5.38. The number of aryl methyl sites for hydroxylation is 1. The fraction of sp³-hybridized carbons (Fsp3) is 0.364. The summed E-state index contributed by atoms with van der Waals surface area (Å²) in [6.45, 7) is 7.16. The van der Waals surface area contributed by atoms with Crippen LogP contribution in [0.5, 0.6) is 0 Å². The number of morpholine rings is 1. The van der Waals surface area contributed by atoms with Crippen LogP contribution in [-0.2, 0) is 14.5 Å². The summed E-state index contributed by atoms with van der Waals surface area (Å²) in [5.41, 5.74) is 7.34. The molecule has 0 aliphatic carbocycles. The number of nitrogens with two attached hydrogens (primary N) is 1. The first kappa shape index (κ1) is 22.7. The van der Waals surface area contributed by atoms with E-state index < -0.39 is 10.9 Å². The number of primary amides is 1. The van der Waals surface area contributed by atoms with Gasteiger partial charge < -0.3 is 26.4 Å². The second-order valence-corrected chi connectivity index (χ2v) is 9.31. The lowest BCUT2D eigenvalue weighted by Crippen LogP contribution is -2.42. The number of halogens is 1. The van der Waals surface area contributed by atoms with Gasteiger partial charge in [-0.05, 0) is 30.7 Å². The van der Waals surface area contributed by atoms with Crippen LogP contribution in [0.4, 0.5) is 11.6 Å². The number of carbonyl (C=O) groups excluding carboxylic acids is 1. The van der Waals surface area contributed by atoms with E-state index >= 15 is 0 Å². The minimum Gasteiger partial charge on any atom is -0.379 e. The standard InChI is InChI=1S/C22H27ClN6O2S/c1-15-4-2-5-16(23)20(15)22(26-14-17(32-22)21(24)30)28-19-7-3-6-18(27-19)25-8-9-29-10-12-31-13-11-29/h2-7,14,26H,8-13H2,1H3,(H2,24,30)(H2,25,27,28). The van der Waals surface area contributed by atoms with E-state index in [2.05, 4.69) is 20.9 Å². The molecule has 0 bridgehead atoms. The molecule has 0 spiro atoms. The number of carbonyl (C=O) groups is 1. The van der Waals surface area contributed by atoms with E-state index in [0.717, 1.165) is 56.3 Å². The van der Waals surface area contributed by atoms with Crippen LogP contribution in [0, 0.1) is 6.92 Å². The van der Waals surface area contributed by atoms with Crippen LogP contribution in [0.1, 0.15) is 11.1 Å². The van der Waals surface area contributed by atoms with Gasteiger partial charge in [-0.25, -0.2) is 4.98 Å². The maximum absolute atomic E-state index is 11.8. The molecule has 1 fully saturated rings. The molecule has 4 rings (SSSR count). The van der Waals surface area contributed by atoms with E-state index in [9.17, 15) is 4.79 Å². The fourth-order valence-electron chi connectivity index (χ4n) is 3.79. The smallest absolute Gasteiger partial charge is 0.256 e. The van der Waals surface area contributed by atoms with Crippen LogP contribution < -0.4 is 21.7 Å². The van der Waals surface area contributed by atoms with Gasteiger partial charge in [0.1, 0.15) is 11.6 Å². The topological polar surface area (TPSA) is 105 Å². The molecule has 0 saturated carbocycles. The number of thioether (sulfide) groups is 1. The van der Waals surface area contributed by atoms with Crippen molar-refractivity contribution in [1.29, 1.82) is 0 Å². The molecular formula is C22H27ClN6O2S. The second-order valence-electron chi connectivity index (χ2n) is 7.65. The summed E-state index contributed by atoms with van der Waals surface area (Å²) >= 11 is 7.87. The Hall–Kier alpha value is -2.46. The van der Waals surface area contributed by atoms with Crippen molar-refractivity contribution in [2.24, 2.45) is 5.73 Å². The lowest BCUT2D eigenvalue weighted by Gasteiger charge is -2.33. The molecule has 32 heavy (non-hydrogen) atoms. The van der Waals surface area contributed by atoms with Gasteiger partial charge in [0.15, 0.2) is 4.99 Å². The number of amides is 1. The van der Waals surface area contributed by atoms with Crippen molar-refractivity contribution in [2.45, 2.75) is 11.9 Å². The summed E-state index contributed by atoms with van der Waals surface area (Å²) in [6.07, 6.45) is 1.62. The predicted octanol–water partition coefficient (Wildman–Crippen LogP) is 2.67. The number of anilines is 2. The monoisotopic (exact) mass is 474 g/mol. The van der Waals surface area contributed by atoms with E-state index in [1.165, 1.54) is 11.8 Å². The van der Waals surface area contributed by atoms with Crippen LogP contribution >= 0.6 is 23.4 Å². The van der Waals surface area contributed by atoms with E-state index in [4.69, 9.17) is 27.1 Å². The first-order valence-corrected chi connectivity index (χ1v) is 11.7. The van der Waals surface area contributed by atoms with Crippen LogP contribution in [0.2, 0.25) is 5.02 Å². The van der Waals surface area contributed by atoms with Crippen molar-refractivity contribution in [3.05, 3.63) is 63.7 Å². The lowest BCUT2D eigenvalue weighted by molar-refractivity contribution is -0.113. The molecule has 2 aliphatic heterocycles. The predicted molar refractivity (Wildman–Crippen MR) is 129 cm³/mol. The molecule has 1 saturated heterocycles. The molecule has 1 atom stereocenters. The van der Waals surface area contributed by atoms with E-state index in [0.29, 0.717) is 15.7 Å². The molecule has 2 aromatic rings. The van der Waals surface area contributed by atoms with Crippen molar-refractivity contribution in [2.75, 3.05) is 50.0 Å². The average molecular weight is 475 g/mol. The number of hydrogen-bond donors (Lipinski definition) is 4. The molecular weight excluding hydrogens is 448 g/mol. The molecule has 0 radical (unpaired) electrons. The lowest BCUT2D eigenvalue weighted by atomic mass is 10.1. The van der Waals surface area contributed by atoms with E-state index in [-0.39, 0.29) is 0 Å². The number of nitrogens with zero attached hydrogens (tertiary/aromatic N) is 2. The number of benzene rings is 1. The normalized spacial score (nSPS) is 21.0. The van der Waals surface area contributed by atoms with Gasteiger partial charge in [-0.3, -0.25) is 9.69 Å². The Balaban J connectivity index is 1.52. The van der Waals surface area contributed by atoms with Gasteiger partial charge in [0.25, 0.3) is 5.91 Å². The van der Waals surface area contributed by atoms with Gasteiger partial charge in [0.2, 0.25) is 0 Å². The average Bonchev–Trinajstić information content (AvgIpc) is 3.19. The zero-order valence-corrected chi connectivity index (χ0v) is 19.4. The zero-order chi connectivity index (χ0) is 22.6. The van der Waals surface area contributed by atoms with Crippen molar-refractivity contribution in [3.8, 4) is 0 Å². The van der Waals surface area contributed by atoms with E-state index in [1.807, 2.05) is 43.3 Å². The highest BCUT2D eigenvalue weighted by atomic mass is 35.5. The third kappa shape index (κ3) is 5.12. The molecule has 1 aromatic heterocycles. The van der Waals surface area contributed by atoms with Gasteiger partial charge in [-0.2, -0.15) is 0 Å². The minimum absolute atomic E-state index is 0.414. The Morgan fingerprint density at radius 2 is 2.03 bits per heavy atom. The molecule has 1 aromatic carbocycles. The Morgan fingerprint density at radius 1 is 1.28 bits per heavy atom. The summed E-state index contributed by atoms with van der Waals surface area (Å²) in [4.78, 5) is 18.4. The summed E-state index contributed by atoms with van der Waals surface area (Å²) in [5.74, 6) is 0.905. The third-order valence-corrected chi connectivity index (χ3v) is 6.96. The van der Waals surface area contributed by atoms with Gasteiger partial charge in [0, 0.05) is 43.0 Å². The number of nitrogens with one attached hydrogen (secondary N) is 3. The fourth-order valence-corrected chi connectivity index (χ4v) is 5.40. The van der Waals surface area contributed by atoms with Crippen LogP contribution in [0.25, 0.3) is 0 Å². The molecule has 5 N–H and O–H groups in total. The van der Waals surface area contributed by atoms with Gasteiger partial charge >= 0.3 is 0 Å². The second kappa shape index (κ2) is 9.99. The quantitative estimate of drug-likeness (QED) is 0.463. The Bertz CT molecular complexity index is 993. The molecule has 8 nitrogen and oxygen atoms in total. The van der Waals surface area contributed by atoms with Gasteiger partial charge in [0.05, 0.1) is 18.1 Å². The van der Waals surface area contributed by atoms with Gasteiger partial charge in [-0.15, -0.1) is 0 Å². The van der Waals surface area contributed by atoms with Crippen molar-refractivity contribution in [3.63, 3.8) is 0 Å². The molecule has 10 heteroatoms. The van der Waals surface area contributed by atoms with Gasteiger partial charge in [-0.1, -0.05) is 41.6 Å². The number of pyridine rings is 1. The van der Waals surface area contributed by atoms with E-state index in [1.54, 1.807) is 6.20 Å². The van der Waals surface area contributed by atoms with Crippen molar-refractivity contribution in [1.82, 2.24) is 15.2 Å². The minimum atomic E-state index is -0.911. The summed E-state index contributed by atoms with van der Waals surface area (Å²) < 4.78 is 5.40. The number of ether oxygens (including phenoxy) is 1. The largest absolute Gasteiger partial charge is 0.379 e. The van der Waals surface area contributed by atoms with Crippen LogP contribution in [0.3, 0.4) is 0 Å². The summed E-state index contributed by atoms with van der Waals surface area (Å²) in [7, 11) is 0. The highest BCUT2D eigenvalue weighted by Crippen LogP contribution is 2.46. The number of hydrogen-bond acceptors (Lipinski definition) is 8. The first-order chi connectivity index (χ1) is 15.5. The maximum atomic E-state index is 11.8. The SMILES string of the molecule is Cc1cccc(Cl)c1C1(Nc2cccc(NCCN3CCOCC3)n2)NC=C(C(N)=O)S1. The molecule has 170 valence electrons. The van der Waals surface area contributed by atoms with Crippen LogP contribution in [0.15, 0.2) is 47.5 Å². The highest BCUT2D eigenvalue weighted by Gasteiger charge is 2.42. The maximum Gasteiger partial charge on any atom is 0.256 e. The van der Waals surface area contributed by atoms with Crippen molar-refractivity contribution < 1.29 is 9.53 Å². The zero-order valence-electron chi connectivity index (χ0n) is 17.9. The number of aromatic nitrogens is 1. The summed E-state index contributed by atoms with van der Waals surface area (Å²) in [6, 6.07) is 11.4. The van der Waals surface area contributed by atoms with Crippen LogP contribution in [-0.4, -0.2) is 55.2 Å². The Kier molecular flexibility index (Phi) is 7.10.